The Morgan fingerprint density at radius 1 is 1.44 bits per heavy atom. The van der Waals surface area contributed by atoms with Crippen LogP contribution in [0.25, 0.3) is 0 Å². The van der Waals surface area contributed by atoms with Crippen LogP contribution in [0.15, 0.2) is 0 Å². The van der Waals surface area contributed by atoms with Crippen molar-refractivity contribution in [2.24, 2.45) is 0 Å². The summed E-state index contributed by atoms with van der Waals surface area (Å²) in [6.45, 7) is 5.10. The number of carbonyl (C=O) groups excluding carboxylic acids is 2. The summed E-state index contributed by atoms with van der Waals surface area (Å²) in [4.78, 5) is 22.5. The largest absolute Gasteiger partial charge is 0.467 e. The minimum Gasteiger partial charge on any atom is -0.467 e. The van der Waals surface area contributed by atoms with E-state index in [1.807, 2.05) is 0 Å². The summed E-state index contributed by atoms with van der Waals surface area (Å²) in [6.07, 6.45) is -0.913. The summed E-state index contributed by atoms with van der Waals surface area (Å²) < 4.78 is 9.38. The summed E-state index contributed by atoms with van der Waals surface area (Å²) in [5.41, 5.74) is -0.655. The van der Waals surface area contributed by atoms with E-state index in [9.17, 15) is 9.59 Å². The van der Waals surface area contributed by atoms with Gasteiger partial charge in [0.15, 0.2) is 0 Å². The highest BCUT2D eigenvalue weighted by molar-refractivity contribution is 5.81. The van der Waals surface area contributed by atoms with E-state index in [1.54, 1.807) is 26.8 Å². The molecular formula is C10H16N2O4. The maximum atomic E-state index is 11.3. The van der Waals surface area contributed by atoms with Gasteiger partial charge in [-0.2, -0.15) is 5.26 Å². The van der Waals surface area contributed by atoms with E-state index in [2.05, 4.69) is 10.1 Å². The molecule has 0 spiro atoms. The first-order valence-corrected chi connectivity index (χ1v) is 4.74. The number of ether oxygens (including phenoxy) is 2. The molecule has 0 heterocycles. The third-order valence-corrected chi connectivity index (χ3v) is 1.47. The van der Waals surface area contributed by atoms with Gasteiger partial charge in [0.1, 0.15) is 11.6 Å². The molecule has 6 heteroatoms. The molecular weight excluding hydrogens is 212 g/mol. The van der Waals surface area contributed by atoms with Crippen molar-refractivity contribution >= 4 is 12.1 Å². The summed E-state index contributed by atoms with van der Waals surface area (Å²) >= 11 is 0. The lowest BCUT2D eigenvalue weighted by Gasteiger charge is -2.21. The van der Waals surface area contributed by atoms with Crippen LogP contribution in [0.1, 0.15) is 27.2 Å². The van der Waals surface area contributed by atoms with Crippen molar-refractivity contribution in [1.82, 2.24) is 5.32 Å². The molecule has 0 aliphatic heterocycles. The van der Waals surface area contributed by atoms with Gasteiger partial charge >= 0.3 is 12.1 Å². The minimum absolute atomic E-state index is 0.161. The van der Waals surface area contributed by atoms with Crippen molar-refractivity contribution in [2.45, 2.75) is 38.8 Å². The van der Waals surface area contributed by atoms with Crippen LogP contribution in [-0.2, 0) is 14.3 Å². The van der Waals surface area contributed by atoms with E-state index in [-0.39, 0.29) is 6.42 Å². The highest BCUT2D eigenvalue weighted by Crippen LogP contribution is 2.07. The molecule has 0 saturated heterocycles. The predicted molar refractivity (Wildman–Crippen MR) is 55.4 cm³/mol. The molecule has 90 valence electrons. The zero-order valence-electron chi connectivity index (χ0n) is 9.86. The number of amides is 1. The molecule has 1 amide bonds. The monoisotopic (exact) mass is 228 g/mol. The standard InChI is InChI=1S/C10H16N2O4/c1-10(2,3)16-9(14)12-7(5-6-11)8(13)15-4/h7H,5H2,1-4H3,(H,12,14)/t7-/m0/s1. The number of carbonyl (C=O) groups is 2. The second kappa shape index (κ2) is 5.95. The fraction of sp³-hybridized carbons (Fsp3) is 0.700. The Kier molecular flexibility index (Phi) is 5.30. The van der Waals surface area contributed by atoms with Crippen molar-refractivity contribution in [3.63, 3.8) is 0 Å². The molecule has 0 aliphatic rings. The Bertz CT molecular complexity index is 301. The van der Waals surface area contributed by atoms with Gasteiger partial charge in [-0.25, -0.2) is 9.59 Å². The van der Waals surface area contributed by atoms with Crippen LogP contribution < -0.4 is 5.32 Å². The van der Waals surface area contributed by atoms with E-state index < -0.39 is 23.7 Å². The second-order valence-electron chi connectivity index (χ2n) is 4.08. The quantitative estimate of drug-likeness (QED) is 0.727. The average molecular weight is 228 g/mol. The molecule has 6 nitrogen and oxygen atoms in total. The number of hydrogen-bond donors (Lipinski definition) is 1. The molecule has 0 aromatic carbocycles. The first kappa shape index (κ1) is 14.2. The summed E-state index contributed by atoms with van der Waals surface area (Å²) in [5.74, 6) is -0.674. The van der Waals surface area contributed by atoms with Gasteiger partial charge in [0.05, 0.1) is 19.6 Å². The van der Waals surface area contributed by atoms with Gasteiger partial charge in [0.25, 0.3) is 0 Å². The van der Waals surface area contributed by atoms with Gasteiger partial charge < -0.3 is 14.8 Å². The molecule has 0 bridgehead atoms. The van der Waals surface area contributed by atoms with E-state index >= 15 is 0 Å². The lowest BCUT2D eigenvalue weighted by Crippen LogP contribution is -2.43. The van der Waals surface area contributed by atoms with Crippen molar-refractivity contribution in [3.8, 4) is 6.07 Å². The lowest BCUT2D eigenvalue weighted by atomic mass is 10.2. The molecule has 0 unspecified atom stereocenters. The summed E-state index contributed by atoms with van der Waals surface area (Å²) in [7, 11) is 1.18. The molecule has 16 heavy (non-hydrogen) atoms. The Balaban J connectivity index is 4.36. The Labute approximate surface area is 94.5 Å². The van der Waals surface area contributed by atoms with Crippen LogP contribution in [0.4, 0.5) is 4.79 Å². The maximum Gasteiger partial charge on any atom is 0.408 e. The number of hydrogen-bond acceptors (Lipinski definition) is 5. The molecule has 0 saturated carbocycles. The van der Waals surface area contributed by atoms with E-state index in [4.69, 9.17) is 10.00 Å². The fourth-order valence-electron chi connectivity index (χ4n) is 0.877. The van der Waals surface area contributed by atoms with Gasteiger partial charge in [-0.05, 0) is 20.8 Å². The number of nitrogens with zero attached hydrogens (tertiary/aromatic N) is 1. The van der Waals surface area contributed by atoms with Crippen molar-refractivity contribution in [1.29, 1.82) is 5.26 Å². The normalized spacial score (nSPS) is 12.2. The molecule has 0 rings (SSSR count). The second-order valence-corrected chi connectivity index (χ2v) is 4.08. The Morgan fingerprint density at radius 3 is 2.38 bits per heavy atom. The summed E-state index contributed by atoms with van der Waals surface area (Å²) in [5, 5.41) is 10.7. The van der Waals surface area contributed by atoms with Crippen LogP contribution in [0.5, 0.6) is 0 Å². The predicted octanol–water partition coefficient (Wildman–Crippen LogP) is 0.966. The first-order valence-electron chi connectivity index (χ1n) is 4.74. The van der Waals surface area contributed by atoms with Crippen LogP contribution >= 0.6 is 0 Å². The Hall–Kier alpha value is -1.77. The van der Waals surface area contributed by atoms with Crippen molar-refractivity contribution in [2.75, 3.05) is 7.11 Å². The summed E-state index contributed by atoms with van der Waals surface area (Å²) in [6, 6.07) is 0.785. The molecule has 0 aliphatic carbocycles. The maximum absolute atomic E-state index is 11.3. The average Bonchev–Trinajstić information content (AvgIpc) is 2.13. The number of methoxy groups -OCH3 is 1. The van der Waals surface area contributed by atoms with Crippen molar-refractivity contribution < 1.29 is 19.1 Å². The number of nitriles is 1. The highest BCUT2D eigenvalue weighted by Gasteiger charge is 2.24. The van der Waals surface area contributed by atoms with E-state index in [0.717, 1.165) is 0 Å². The fourth-order valence-corrected chi connectivity index (χ4v) is 0.877. The highest BCUT2D eigenvalue weighted by atomic mass is 16.6. The van der Waals surface area contributed by atoms with Gasteiger partial charge in [-0.1, -0.05) is 0 Å². The topological polar surface area (TPSA) is 88.4 Å². The number of rotatable bonds is 3. The van der Waals surface area contributed by atoms with Crippen molar-refractivity contribution in [3.05, 3.63) is 0 Å². The smallest absolute Gasteiger partial charge is 0.408 e. The number of esters is 1. The van der Waals surface area contributed by atoms with Gasteiger partial charge in [-0.3, -0.25) is 0 Å². The molecule has 0 aromatic heterocycles. The third kappa shape index (κ3) is 5.86. The van der Waals surface area contributed by atoms with Gasteiger partial charge in [0, 0.05) is 0 Å². The number of nitrogens with one attached hydrogen (secondary N) is 1. The van der Waals surface area contributed by atoms with E-state index in [1.165, 1.54) is 7.11 Å². The first-order chi connectivity index (χ1) is 7.30. The molecule has 0 aromatic rings. The molecule has 0 radical (unpaired) electrons. The minimum atomic E-state index is -0.996. The zero-order chi connectivity index (χ0) is 12.8. The molecule has 0 fully saturated rings. The molecule has 1 N–H and O–H groups in total. The SMILES string of the molecule is COC(=O)[C@H](CC#N)NC(=O)OC(C)(C)C. The van der Waals surface area contributed by atoms with Gasteiger partial charge in [-0.15, -0.1) is 0 Å². The van der Waals surface area contributed by atoms with Gasteiger partial charge in [0.2, 0.25) is 0 Å². The van der Waals surface area contributed by atoms with Crippen LogP contribution in [-0.4, -0.2) is 30.8 Å². The van der Waals surface area contributed by atoms with Crippen LogP contribution in [0.2, 0.25) is 0 Å². The number of alkyl carbamates (subject to hydrolysis) is 1. The lowest BCUT2D eigenvalue weighted by molar-refractivity contribution is -0.143. The molecule has 1 atom stereocenters. The van der Waals surface area contributed by atoms with Crippen LogP contribution in [0, 0.1) is 11.3 Å². The van der Waals surface area contributed by atoms with E-state index in [0.29, 0.717) is 0 Å². The third-order valence-electron chi connectivity index (χ3n) is 1.47. The van der Waals surface area contributed by atoms with Crippen LogP contribution in [0.3, 0.4) is 0 Å². The Morgan fingerprint density at radius 2 is 2.00 bits per heavy atom. The zero-order valence-corrected chi connectivity index (χ0v) is 9.86.